The normalized spacial score (nSPS) is 15.6. The fraction of sp³-hybridized carbons (Fsp3) is 0.429. The molecule has 1 aliphatic heterocycles. The minimum absolute atomic E-state index is 0.144. The number of rotatable bonds is 3. The lowest BCUT2D eigenvalue weighted by molar-refractivity contribution is -0.130. The fourth-order valence-electron chi connectivity index (χ4n) is 2.19. The Morgan fingerprint density at radius 2 is 1.95 bits per heavy atom. The molecule has 1 amide bonds. The van der Waals surface area contributed by atoms with Crippen molar-refractivity contribution in [3.05, 3.63) is 29.8 Å². The van der Waals surface area contributed by atoms with Gasteiger partial charge in [0, 0.05) is 25.3 Å². The minimum Gasteiger partial charge on any atom is -0.465 e. The average molecular weight is 262 g/mol. The molecule has 0 bridgehead atoms. The quantitative estimate of drug-likeness (QED) is 0.767. The van der Waals surface area contributed by atoms with E-state index >= 15 is 0 Å². The van der Waals surface area contributed by atoms with Crippen LogP contribution in [0.25, 0.3) is 0 Å². The standard InChI is InChI=1S/C14H18N2O3/c1-3-15-8-9-16(10-13(15)17)12-6-4-11(5-7-12)14(18)19-2/h4-7H,3,8-10H2,1-2H3. The Labute approximate surface area is 112 Å². The van der Waals surface area contributed by atoms with Crippen molar-refractivity contribution >= 4 is 17.6 Å². The van der Waals surface area contributed by atoms with Crippen LogP contribution in [0.4, 0.5) is 5.69 Å². The van der Waals surface area contributed by atoms with E-state index in [0.717, 1.165) is 25.3 Å². The van der Waals surface area contributed by atoms with Gasteiger partial charge in [0.25, 0.3) is 0 Å². The van der Waals surface area contributed by atoms with Gasteiger partial charge in [0.1, 0.15) is 0 Å². The molecule has 1 heterocycles. The summed E-state index contributed by atoms with van der Waals surface area (Å²) in [4.78, 5) is 27.0. The molecule has 2 rings (SSSR count). The van der Waals surface area contributed by atoms with E-state index in [1.165, 1.54) is 7.11 Å². The summed E-state index contributed by atoms with van der Waals surface area (Å²) in [6.45, 7) is 4.70. The molecule has 1 fully saturated rings. The van der Waals surface area contributed by atoms with Crippen LogP contribution in [0.2, 0.25) is 0 Å². The molecule has 1 aromatic carbocycles. The maximum atomic E-state index is 11.8. The van der Waals surface area contributed by atoms with Gasteiger partial charge in [-0.25, -0.2) is 4.79 Å². The molecule has 5 nitrogen and oxygen atoms in total. The van der Waals surface area contributed by atoms with Crippen molar-refractivity contribution < 1.29 is 14.3 Å². The third-order valence-corrected chi connectivity index (χ3v) is 3.35. The zero-order valence-corrected chi connectivity index (χ0v) is 11.3. The highest BCUT2D eigenvalue weighted by Gasteiger charge is 2.22. The van der Waals surface area contributed by atoms with Crippen molar-refractivity contribution in [3.63, 3.8) is 0 Å². The molecule has 0 radical (unpaired) electrons. The number of carbonyl (C=O) groups is 2. The smallest absolute Gasteiger partial charge is 0.337 e. The fourth-order valence-corrected chi connectivity index (χ4v) is 2.19. The monoisotopic (exact) mass is 262 g/mol. The first-order valence-electron chi connectivity index (χ1n) is 6.36. The number of methoxy groups -OCH3 is 1. The first-order valence-corrected chi connectivity index (χ1v) is 6.36. The van der Waals surface area contributed by atoms with Crippen molar-refractivity contribution in [3.8, 4) is 0 Å². The van der Waals surface area contributed by atoms with Crippen LogP contribution in [0.1, 0.15) is 17.3 Å². The molecule has 19 heavy (non-hydrogen) atoms. The highest BCUT2D eigenvalue weighted by molar-refractivity contribution is 5.90. The van der Waals surface area contributed by atoms with E-state index in [1.807, 2.05) is 28.9 Å². The molecule has 0 N–H and O–H groups in total. The summed E-state index contributed by atoms with van der Waals surface area (Å²) >= 11 is 0. The number of amides is 1. The maximum Gasteiger partial charge on any atom is 0.337 e. The van der Waals surface area contributed by atoms with Crippen LogP contribution in [-0.4, -0.2) is 50.1 Å². The average Bonchev–Trinajstić information content (AvgIpc) is 2.46. The van der Waals surface area contributed by atoms with Gasteiger partial charge in [-0.05, 0) is 31.2 Å². The molecule has 1 saturated heterocycles. The molecule has 0 spiro atoms. The second-order valence-corrected chi connectivity index (χ2v) is 4.43. The third kappa shape index (κ3) is 2.86. The van der Waals surface area contributed by atoms with Gasteiger partial charge in [-0.15, -0.1) is 0 Å². The number of esters is 1. The summed E-state index contributed by atoms with van der Waals surface area (Å²) in [5.74, 6) is -0.204. The van der Waals surface area contributed by atoms with Crippen LogP contribution in [-0.2, 0) is 9.53 Å². The predicted molar refractivity (Wildman–Crippen MR) is 72.2 cm³/mol. The third-order valence-electron chi connectivity index (χ3n) is 3.35. The number of benzene rings is 1. The first kappa shape index (κ1) is 13.4. The summed E-state index contributed by atoms with van der Waals surface area (Å²) in [7, 11) is 1.36. The highest BCUT2D eigenvalue weighted by Crippen LogP contribution is 2.18. The first-order chi connectivity index (χ1) is 9.15. The zero-order valence-electron chi connectivity index (χ0n) is 11.3. The number of nitrogens with zero attached hydrogens (tertiary/aromatic N) is 2. The van der Waals surface area contributed by atoms with Crippen molar-refractivity contribution in [2.45, 2.75) is 6.92 Å². The Balaban J connectivity index is 2.07. The zero-order chi connectivity index (χ0) is 13.8. The number of anilines is 1. The van der Waals surface area contributed by atoms with Gasteiger partial charge >= 0.3 is 5.97 Å². The van der Waals surface area contributed by atoms with Crippen molar-refractivity contribution in [1.82, 2.24) is 4.90 Å². The number of hydrogen-bond acceptors (Lipinski definition) is 4. The van der Waals surface area contributed by atoms with E-state index in [9.17, 15) is 9.59 Å². The Hall–Kier alpha value is -2.04. The molecule has 0 atom stereocenters. The van der Waals surface area contributed by atoms with Gasteiger partial charge in [0.2, 0.25) is 5.91 Å². The summed E-state index contributed by atoms with van der Waals surface area (Å²) in [6.07, 6.45) is 0. The molecular formula is C14H18N2O3. The van der Waals surface area contributed by atoms with Crippen molar-refractivity contribution in [1.29, 1.82) is 0 Å². The lowest BCUT2D eigenvalue weighted by Gasteiger charge is -2.35. The van der Waals surface area contributed by atoms with E-state index in [2.05, 4.69) is 4.74 Å². The molecule has 0 aromatic heterocycles. The van der Waals surface area contributed by atoms with E-state index in [4.69, 9.17) is 0 Å². The number of ether oxygens (including phenoxy) is 1. The van der Waals surface area contributed by atoms with E-state index in [1.54, 1.807) is 12.1 Å². The number of hydrogen-bond donors (Lipinski definition) is 0. The van der Waals surface area contributed by atoms with Crippen LogP contribution < -0.4 is 4.90 Å². The number of piperazine rings is 1. The second kappa shape index (κ2) is 5.73. The van der Waals surface area contributed by atoms with Crippen LogP contribution in [0.5, 0.6) is 0 Å². The van der Waals surface area contributed by atoms with Crippen LogP contribution in [0.3, 0.4) is 0 Å². The van der Waals surface area contributed by atoms with Gasteiger partial charge in [0.15, 0.2) is 0 Å². The largest absolute Gasteiger partial charge is 0.465 e. The Bertz CT molecular complexity index is 470. The molecule has 1 aromatic rings. The molecule has 1 aliphatic rings. The van der Waals surface area contributed by atoms with Crippen LogP contribution in [0, 0.1) is 0 Å². The van der Waals surface area contributed by atoms with Crippen LogP contribution >= 0.6 is 0 Å². The van der Waals surface area contributed by atoms with E-state index in [-0.39, 0.29) is 11.9 Å². The van der Waals surface area contributed by atoms with Gasteiger partial charge in [-0.2, -0.15) is 0 Å². The number of likely N-dealkylation sites (N-methyl/N-ethyl adjacent to an activating group) is 1. The predicted octanol–water partition coefficient (Wildman–Crippen LogP) is 1.14. The second-order valence-electron chi connectivity index (χ2n) is 4.43. The lowest BCUT2D eigenvalue weighted by Crippen LogP contribution is -2.50. The summed E-state index contributed by atoms with van der Waals surface area (Å²) in [6, 6.07) is 7.14. The molecule has 5 heteroatoms. The van der Waals surface area contributed by atoms with Gasteiger partial charge in [-0.3, -0.25) is 4.79 Å². The van der Waals surface area contributed by atoms with Gasteiger partial charge in [0.05, 0.1) is 19.2 Å². The number of carbonyl (C=O) groups excluding carboxylic acids is 2. The van der Waals surface area contributed by atoms with Crippen LogP contribution in [0.15, 0.2) is 24.3 Å². The molecule has 0 aliphatic carbocycles. The SMILES string of the molecule is CCN1CCN(c2ccc(C(=O)OC)cc2)CC1=O. The highest BCUT2D eigenvalue weighted by atomic mass is 16.5. The van der Waals surface area contributed by atoms with E-state index < -0.39 is 0 Å². The Morgan fingerprint density at radius 3 is 2.47 bits per heavy atom. The summed E-state index contributed by atoms with van der Waals surface area (Å²) < 4.78 is 4.65. The van der Waals surface area contributed by atoms with Crippen molar-refractivity contribution in [2.75, 3.05) is 38.2 Å². The Morgan fingerprint density at radius 1 is 1.26 bits per heavy atom. The lowest BCUT2D eigenvalue weighted by atomic mass is 10.2. The van der Waals surface area contributed by atoms with Crippen molar-refractivity contribution in [2.24, 2.45) is 0 Å². The van der Waals surface area contributed by atoms with Gasteiger partial charge in [-0.1, -0.05) is 0 Å². The molecule has 0 saturated carbocycles. The minimum atomic E-state index is -0.349. The topological polar surface area (TPSA) is 49.9 Å². The maximum absolute atomic E-state index is 11.8. The summed E-state index contributed by atoms with van der Waals surface area (Å²) in [5.41, 5.74) is 1.47. The van der Waals surface area contributed by atoms with Gasteiger partial charge < -0.3 is 14.5 Å². The van der Waals surface area contributed by atoms with E-state index in [0.29, 0.717) is 12.1 Å². The Kier molecular flexibility index (Phi) is 4.04. The molecular weight excluding hydrogens is 244 g/mol. The molecule has 102 valence electrons. The summed E-state index contributed by atoms with van der Waals surface area (Å²) in [5, 5.41) is 0. The molecule has 0 unspecified atom stereocenters.